The molecule has 23 heavy (non-hydrogen) atoms. The fraction of sp³-hybridized carbons (Fsp3) is 0.562. The summed E-state index contributed by atoms with van der Waals surface area (Å²) in [5, 5.41) is 7.45. The van der Waals surface area contributed by atoms with E-state index in [1.165, 1.54) is 6.20 Å². The lowest BCUT2D eigenvalue weighted by Gasteiger charge is -2.10. The Labute approximate surface area is 134 Å². The van der Waals surface area contributed by atoms with Crippen molar-refractivity contribution in [2.75, 3.05) is 26.4 Å². The van der Waals surface area contributed by atoms with Crippen LogP contribution in [-0.2, 0) is 9.47 Å². The van der Waals surface area contributed by atoms with Gasteiger partial charge in [-0.05, 0) is 32.3 Å². The molecule has 0 spiro atoms. The highest BCUT2D eigenvalue weighted by molar-refractivity contribution is 5.96. The second kappa shape index (κ2) is 7.52. The monoisotopic (exact) mass is 319 g/mol. The predicted molar refractivity (Wildman–Crippen MR) is 83.3 cm³/mol. The number of pyridine rings is 1. The van der Waals surface area contributed by atoms with Crippen molar-refractivity contribution < 1.29 is 18.8 Å². The van der Waals surface area contributed by atoms with Crippen LogP contribution < -0.4 is 5.32 Å². The fourth-order valence-corrected chi connectivity index (χ4v) is 2.54. The van der Waals surface area contributed by atoms with E-state index in [9.17, 15) is 4.79 Å². The Bertz CT molecular complexity index is 664. The molecule has 7 heteroatoms. The average Bonchev–Trinajstić information content (AvgIpc) is 3.20. The van der Waals surface area contributed by atoms with E-state index in [2.05, 4.69) is 15.5 Å². The van der Waals surface area contributed by atoms with Gasteiger partial charge in [0.25, 0.3) is 11.6 Å². The van der Waals surface area contributed by atoms with E-state index in [0.717, 1.165) is 36.9 Å². The van der Waals surface area contributed by atoms with Gasteiger partial charge >= 0.3 is 0 Å². The van der Waals surface area contributed by atoms with Crippen LogP contribution in [0.3, 0.4) is 0 Å². The zero-order chi connectivity index (χ0) is 16.1. The van der Waals surface area contributed by atoms with Gasteiger partial charge in [0.15, 0.2) is 0 Å². The van der Waals surface area contributed by atoms with Gasteiger partial charge in [-0.15, -0.1) is 0 Å². The van der Waals surface area contributed by atoms with E-state index >= 15 is 0 Å². The molecular weight excluding hydrogens is 298 g/mol. The first-order chi connectivity index (χ1) is 11.2. The van der Waals surface area contributed by atoms with Gasteiger partial charge < -0.3 is 19.3 Å². The largest absolute Gasteiger partial charge is 0.379 e. The van der Waals surface area contributed by atoms with Gasteiger partial charge in [0.2, 0.25) is 0 Å². The first-order valence-electron chi connectivity index (χ1n) is 7.93. The first-order valence-corrected chi connectivity index (χ1v) is 7.93. The fourth-order valence-electron chi connectivity index (χ4n) is 2.54. The lowest BCUT2D eigenvalue weighted by atomic mass is 10.2. The standard InChI is InChI=1S/C16H21N3O4/c1-11-14-8-12(9-18-16(14)23-19-11)15(20)17-5-3-6-21-10-13-4-2-7-22-13/h8-9,13H,2-7,10H2,1H3,(H,17,20)/t13-/m0/s1. The van der Waals surface area contributed by atoms with E-state index in [4.69, 9.17) is 14.0 Å². The molecule has 1 amide bonds. The predicted octanol–water partition coefficient (Wildman–Crippen LogP) is 1.85. The molecule has 7 nitrogen and oxygen atoms in total. The molecule has 2 aromatic heterocycles. The summed E-state index contributed by atoms with van der Waals surface area (Å²) in [5.41, 5.74) is 1.68. The topological polar surface area (TPSA) is 86.5 Å². The van der Waals surface area contributed by atoms with Crippen LogP contribution in [0.2, 0.25) is 0 Å². The number of aryl methyl sites for hydroxylation is 1. The third-order valence-electron chi connectivity index (χ3n) is 3.85. The lowest BCUT2D eigenvalue weighted by molar-refractivity contribution is 0.0166. The molecule has 2 aromatic rings. The number of carbonyl (C=O) groups is 1. The maximum absolute atomic E-state index is 12.1. The summed E-state index contributed by atoms with van der Waals surface area (Å²) in [6, 6.07) is 1.75. The summed E-state index contributed by atoms with van der Waals surface area (Å²) in [5.74, 6) is -0.154. The number of amides is 1. The molecule has 0 unspecified atom stereocenters. The van der Waals surface area contributed by atoms with Crippen LogP contribution in [0.25, 0.3) is 11.1 Å². The SMILES string of the molecule is Cc1noc2ncc(C(=O)NCCCOC[C@@H]3CCCO3)cc12. The van der Waals surface area contributed by atoms with Crippen molar-refractivity contribution in [2.24, 2.45) is 0 Å². The van der Waals surface area contributed by atoms with Gasteiger partial charge in [-0.1, -0.05) is 5.16 Å². The highest BCUT2D eigenvalue weighted by atomic mass is 16.5. The highest BCUT2D eigenvalue weighted by Gasteiger charge is 2.15. The van der Waals surface area contributed by atoms with Gasteiger partial charge in [0, 0.05) is 26.0 Å². The van der Waals surface area contributed by atoms with E-state index in [0.29, 0.717) is 31.0 Å². The van der Waals surface area contributed by atoms with E-state index in [1.54, 1.807) is 6.07 Å². The van der Waals surface area contributed by atoms with Crippen molar-refractivity contribution in [1.82, 2.24) is 15.5 Å². The van der Waals surface area contributed by atoms with Crippen LogP contribution in [0.1, 0.15) is 35.3 Å². The molecule has 3 rings (SSSR count). The van der Waals surface area contributed by atoms with Gasteiger partial charge in [-0.3, -0.25) is 4.79 Å². The average molecular weight is 319 g/mol. The van der Waals surface area contributed by atoms with Gasteiger partial charge in [0.1, 0.15) is 0 Å². The molecule has 1 aliphatic heterocycles. The summed E-state index contributed by atoms with van der Waals surface area (Å²) in [4.78, 5) is 16.2. The van der Waals surface area contributed by atoms with Crippen molar-refractivity contribution in [2.45, 2.75) is 32.3 Å². The Balaban J connectivity index is 1.39. The normalized spacial score (nSPS) is 17.7. The number of fused-ring (bicyclic) bond motifs is 1. The molecule has 1 fully saturated rings. The molecule has 0 aromatic carbocycles. The summed E-state index contributed by atoms with van der Waals surface area (Å²) < 4.78 is 16.1. The van der Waals surface area contributed by atoms with Gasteiger partial charge in [-0.25, -0.2) is 4.98 Å². The zero-order valence-corrected chi connectivity index (χ0v) is 13.2. The third-order valence-corrected chi connectivity index (χ3v) is 3.85. The molecule has 1 saturated heterocycles. The molecule has 0 radical (unpaired) electrons. The van der Waals surface area contributed by atoms with Crippen molar-refractivity contribution in [3.8, 4) is 0 Å². The number of rotatable bonds is 7. The number of aromatic nitrogens is 2. The second-order valence-electron chi connectivity index (χ2n) is 5.66. The number of hydrogen-bond acceptors (Lipinski definition) is 6. The Morgan fingerprint density at radius 2 is 2.43 bits per heavy atom. The van der Waals surface area contributed by atoms with E-state index < -0.39 is 0 Å². The minimum Gasteiger partial charge on any atom is -0.379 e. The zero-order valence-electron chi connectivity index (χ0n) is 13.2. The lowest BCUT2D eigenvalue weighted by Crippen LogP contribution is -2.25. The number of ether oxygens (including phenoxy) is 2. The number of hydrogen-bond donors (Lipinski definition) is 1. The van der Waals surface area contributed by atoms with Crippen LogP contribution in [0.4, 0.5) is 0 Å². The smallest absolute Gasteiger partial charge is 0.257 e. The summed E-state index contributed by atoms with van der Waals surface area (Å²) >= 11 is 0. The van der Waals surface area contributed by atoms with Crippen LogP contribution in [0.15, 0.2) is 16.8 Å². The first kappa shape index (κ1) is 15.9. The minimum atomic E-state index is -0.154. The molecule has 0 aliphatic carbocycles. The third kappa shape index (κ3) is 4.05. The maximum Gasteiger partial charge on any atom is 0.257 e. The molecule has 0 saturated carbocycles. The van der Waals surface area contributed by atoms with Crippen molar-refractivity contribution in [1.29, 1.82) is 0 Å². The molecule has 1 aliphatic rings. The maximum atomic E-state index is 12.1. The molecule has 1 atom stereocenters. The summed E-state index contributed by atoms with van der Waals surface area (Å²) in [6.45, 7) is 4.48. The Morgan fingerprint density at radius 1 is 1.52 bits per heavy atom. The molecule has 0 bridgehead atoms. The molecule has 1 N–H and O–H groups in total. The second-order valence-corrected chi connectivity index (χ2v) is 5.66. The number of carbonyl (C=O) groups excluding carboxylic acids is 1. The van der Waals surface area contributed by atoms with E-state index in [-0.39, 0.29) is 12.0 Å². The van der Waals surface area contributed by atoms with Crippen LogP contribution in [0.5, 0.6) is 0 Å². The molecule has 124 valence electrons. The Hall–Kier alpha value is -1.99. The van der Waals surface area contributed by atoms with Crippen LogP contribution >= 0.6 is 0 Å². The van der Waals surface area contributed by atoms with Crippen molar-refractivity contribution in [3.63, 3.8) is 0 Å². The van der Waals surface area contributed by atoms with Crippen LogP contribution in [0, 0.1) is 6.92 Å². The summed E-state index contributed by atoms with van der Waals surface area (Å²) in [6.07, 6.45) is 4.70. The minimum absolute atomic E-state index is 0.154. The van der Waals surface area contributed by atoms with Gasteiger partial charge in [0.05, 0.1) is 29.4 Å². The van der Waals surface area contributed by atoms with E-state index in [1.807, 2.05) is 6.92 Å². The van der Waals surface area contributed by atoms with Gasteiger partial charge in [-0.2, -0.15) is 0 Å². The number of nitrogens with zero attached hydrogens (tertiary/aromatic N) is 2. The van der Waals surface area contributed by atoms with Crippen LogP contribution in [-0.4, -0.2) is 48.5 Å². The molecular formula is C16H21N3O4. The molecule has 3 heterocycles. The number of nitrogens with one attached hydrogen (secondary N) is 1. The van der Waals surface area contributed by atoms with Crippen molar-refractivity contribution >= 4 is 17.0 Å². The quantitative estimate of drug-likeness (QED) is 0.784. The summed E-state index contributed by atoms with van der Waals surface area (Å²) in [7, 11) is 0. The Kier molecular flexibility index (Phi) is 5.19. The Morgan fingerprint density at radius 3 is 3.26 bits per heavy atom. The highest BCUT2D eigenvalue weighted by Crippen LogP contribution is 2.16. The van der Waals surface area contributed by atoms with Crippen molar-refractivity contribution in [3.05, 3.63) is 23.5 Å².